The van der Waals surface area contributed by atoms with Gasteiger partial charge in [-0.15, -0.1) is 11.3 Å². The molecule has 3 heteroatoms. The molecule has 0 amide bonds. The molecule has 1 fully saturated rings. The minimum absolute atomic E-state index is 0.541. The van der Waals surface area contributed by atoms with Crippen molar-refractivity contribution in [3.63, 3.8) is 0 Å². The molecule has 1 saturated heterocycles. The Balaban J connectivity index is 2.05. The average molecular weight is 196 g/mol. The van der Waals surface area contributed by atoms with Crippen LogP contribution in [-0.4, -0.2) is 19.6 Å². The Labute approximate surface area is 83.4 Å². The third-order valence-electron chi connectivity index (χ3n) is 2.42. The van der Waals surface area contributed by atoms with Gasteiger partial charge in [0.2, 0.25) is 0 Å². The van der Waals surface area contributed by atoms with Crippen LogP contribution in [0.1, 0.15) is 22.7 Å². The van der Waals surface area contributed by atoms with Gasteiger partial charge in [-0.2, -0.15) is 0 Å². The molecule has 0 unspecified atom stereocenters. The molecule has 0 saturated carbocycles. The summed E-state index contributed by atoms with van der Waals surface area (Å²) in [6.07, 6.45) is 1.16. The molecular formula is C10H16N2S. The van der Waals surface area contributed by atoms with Gasteiger partial charge in [0, 0.05) is 29.4 Å². The van der Waals surface area contributed by atoms with Gasteiger partial charge in [-0.05, 0) is 18.6 Å². The number of nitrogens with one attached hydrogen (secondary N) is 2. The van der Waals surface area contributed by atoms with Crippen molar-refractivity contribution in [2.45, 2.75) is 19.4 Å². The summed E-state index contributed by atoms with van der Waals surface area (Å²) in [4.78, 5) is 2.96. The molecule has 0 bridgehead atoms. The molecule has 72 valence electrons. The van der Waals surface area contributed by atoms with Gasteiger partial charge < -0.3 is 10.6 Å². The normalized spacial score (nSPS) is 23.3. The first-order valence-corrected chi connectivity index (χ1v) is 5.74. The van der Waals surface area contributed by atoms with Crippen molar-refractivity contribution in [2.75, 3.05) is 19.6 Å². The first-order valence-electron chi connectivity index (χ1n) is 4.93. The van der Waals surface area contributed by atoms with Gasteiger partial charge in [-0.25, -0.2) is 0 Å². The molecule has 2 N–H and O–H groups in total. The highest BCUT2D eigenvalue weighted by Crippen LogP contribution is 2.23. The monoisotopic (exact) mass is 196 g/mol. The largest absolute Gasteiger partial charge is 0.314 e. The van der Waals surface area contributed by atoms with E-state index in [1.54, 1.807) is 0 Å². The number of thiophene rings is 1. The van der Waals surface area contributed by atoms with E-state index >= 15 is 0 Å². The van der Waals surface area contributed by atoms with Crippen LogP contribution in [0.3, 0.4) is 0 Å². The van der Waals surface area contributed by atoms with Crippen molar-refractivity contribution in [1.82, 2.24) is 10.6 Å². The minimum Gasteiger partial charge on any atom is -0.314 e. The lowest BCUT2D eigenvalue weighted by Gasteiger charge is -2.23. The molecule has 2 rings (SSSR count). The Morgan fingerprint density at radius 2 is 2.38 bits per heavy atom. The van der Waals surface area contributed by atoms with Crippen LogP contribution < -0.4 is 10.6 Å². The fourth-order valence-electron chi connectivity index (χ4n) is 1.63. The van der Waals surface area contributed by atoms with Gasteiger partial charge in [-0.1, -0.05) is 6.92 Å². The lowest BCUT2D eigenvalue weighted by molar-refractivity contribution is 0.435. The number of hydrogen-bond donors (Lipinski definition) is 2. The van der Waals surface area contributed by atoms with Gasteiger partial charge in [-0.3, -0.25) is 0 Å². The second kappa shape index (κ2) is 4.22. The summed E-state index contributed by atoms with van der Waals surface area (Å²) in [5.41, 5.74) is 0. The molecule has 0 aromatic carbocycles. The van der Waals surface area contributed by atoms with E-state index in [-0.39, 0.29) is 0 Å². The molecule has 0 radical (unpaired) electrons. The van der Waals surface area contributed by atoms with Crippen LogP contribution in [0.4, 0.5) is 0 Å². The molecule has 13 heavy (non-hydrogen) atoms. The molecule has 0 spiro atoms. The van der Waals surface area contributed by atoms with Crippen molar-refractivity contribution in [3.05, 3.63) is 21.9 Å². The second-order valence-corrected chi connectivity index (χ2v) is 4.57. The van der Waals surface area contributed by atoms with Crippen molar-refractivity contribution in [1.29, 1.82) is 0 Å². The van der Waals surface area contributed by atoms with Crippen molar-refractivity contribution in [2.24, 2.45) is 0 Å². The van der Waals surface area contributed by atoms with Crippen LogP contribution in [-0.2, 0) is 6.42 Å². The van der Waals surface area contributed by atoms with E-state index in [0.29, 0.717) is 6.04 Å². The minimum atomic E-state index is 0.541. The van der Waals surface area contributed by atoms with E-state index in [4.69, 9.17) is 0 Å². The number of aryl methyl sites for hydroxylation is 1. The summed E-state index contributed by atoms with van der Waals surface area (Å²) in [6.45, 7) is 5.47. The van der Waals surface area contributed by atoms with Crippen LogP contribution in [0.5, 0.6) is 0 Å². The van der Waals surface area contributed by atoms with E-state index in [2.05, 4.69) is 29.7 Å². The van der Waals surface area contributed by atoms with E-state index in [1.807, 2.05) is 11.3 Å². The summed E-state index contributed by atoms with van der Waals surface area (Å²) >= 11 is 1.94. The fourth-order valence-corrected chi connectivity index (χ4v) is 2.65. The Bertz CT molecular complexity index is 264. The highest BCUT2D eigenvalue weighted by Gasteiger charge is 2.15. The highest BCUT2D eigenvalue weighted by atomic mass is 32.1. The zero-order valence-electron chi connectivity index (χ0n) is 7.97. The standard InChI is InChI=1S/C10H16N2S/c1-2-8-3-4-10(13-8)9-7-11-5-6-12-9/h3-4,9,11-12H,2,5-7H2,1H3/t9-/m0/s1. The summed E-state index contributed by atoms with van der Waals surface area (Å²) in [6, 6.07) is 5.05. The maximum atomic E-state index is 3.52. The molecule has 1 aromatic rings. The SMILES string of the molecule is CCc1ccc([C@@H]2CNCCN2)s1. The Hall–Kier alpha value is -0.380. The molecule has 0 aliphatic carbocycles. The van der Waals surface area contributed by atoms with Gasteiger partial charge in [0.05, 0.1) is 6.04 Å². The Kier molecular flexibility index (Phi) is 2.98. The third kappa shape index (κ3) is 2.10. The quantitative estimate of drug-likeness (QED) is 0.750. The van der Waals surface area contributed by atoms with Gasteiger partial charge in [0.25, 0.3) is 0 Å². The molecule has 2 nitrogen and oxygen atoms in total. The molecule has 1 aliphatic heterocycles. The lowest BCUT2D eigenvalue weighted by atomic mass is 10.2. The van der Waals surface area contributed by atoms with E-state index in [1.165, 1.54) is 9.75 Å². The first-order chi connectivity index (χ1) is 6.40. The topological polar surface area (TPSA) is 24.1 Å². The Morgan fingerprint density at radius 1 is 1.46 bits per heavy atom. The predicted octanol–water partition coefficient (Wildman–Crippen LogP) is 1.54. The van der Waals surface area contributed by atoms with Gasteiger partial charge in [0.1, 0.15) is 0 Å². The summed E-state index contributed by atoms with van der Waals surface area (Å²) in [7, 11) is 0. The van der Waals surface area contributed by atoms with Crippen molar-refractivity contribution >= 4 is 11.3 Å². The number of rotatable bonds is 2. The van der Waals surface area contributed by atoms with Crippen LogP contribution in [0.25, 0.3) is 0 Å². The smallest absolute Gasteiger partial charge is 0.0542 e. The summed E-state index contributed by atoms with van der Waals surface area (Å²) in [5, 5.41) is 6.93. The zero-order valence-corrected chi connectivity index (χ0v) is 8.79. The second-order valence-electron chi connectivity index (χ2n) is 3.37. The Morgan fingerprint density at radius 3 is 3.00 bits per heavy atom. The van der Waals surface area contributed by atoms with Crippen LogP contribution in [0, 0.1) is 0 Å². The van der Waals surface area contributed by atoms with Crippen LogP contribution in [0.2, 0.25) is 0 Å². The van der Waals surface area contributed by atoms with Gasteiger partial charge >= 0.3 is 0 Å². The maximum absolute atomic E-state index is 3.52. The average Bonchev–Trinajstić information content (AvgIpc) is 2.67. The number of piperazine rings is 1. The van der Waals surface area contributed by atoms with Gasteiger partial charge in [0.15, 0.2) is 0 Å². The molecule has 1 aromatic heterocycles. The molecule has 2 heterocycles. The first kappa shape index (κ1) is 9.19. The van der Waals surface area contributed by atoms with E-state index in [0.717, 1.165) is 26.1 Å². The van der Waals surface area contributed by atoms with E-state index < -0.39 is 0 Å². The summed E-state index contributed by atoms with van der Waals surface area (Å²) < 4.78 is 0. The molecular weight excluding hydrogens is 180 g/mol. The third-order valence-corrected chi connectivity index (χ3v) is 3.76. The summed E-state index contributed by atoms with van der Waals surface area (Å²) in [5.74, 6) is 0. The lowest BCUT2D eigenvalue weighted by Crippen LogP contribution is -2.42. The van der Waals surface area contributed by atoms with Crippen molar-refractivity contribution in [3.8, 4) is 0 Å². The molecule has 1 aliphatic rings. The highest BCUT2D eigenvalue weighted by molar-refractivity contribution is 7.12. The fraction of sp³-hybridized carbons (Fsp3) is 0.600. The predicted molar refractivity (Wildman–Crippen MR) is 57.3 cm³/mol. The number of hydrogen-bond acceptors (Lipinski definition) is 3. The van der Waals surface area contributed by atoms with Crippen LogP contribution >= 0.6 is 11.3 Å². The maximum Gasteiger partial charge on any atom is 0.0542 e. The molecule has 1 atom stereocenters. The van der Waals surface area contributed by atoms with Crippen LogP contribution in [0.15, 0.2) is 12.1 Å². The zero-order chi connectivity index (χ0) is 9.10. The van der Waals surface area contributed by atoms with Crippen molar-refractivity contribution < 1.29 is 0 Å². The van der Waals surface area contributed by atoms with E-state index in [9.17, 15) is 0 Å².